The number of methoxy groups -OCH3 is 1. The van der Waals surface area contributed by atoms with E-state index in [0.717, 1.165) is 11.1 Å². The van der Waals surface area contributed by atoms with E-state index in [0.29, 0.717) is 12.0 Å². The first-order valence-corrected chi connectivity index (χ1v) is 6.54. The lowest BCUT2D eigenvalue weighted by molar-refractivity contribution is -0.126. The Balaban J connectivity index is 0.000000579. The Morgan fingerprint density at radius 1 is 1.00 bits per heavy atom. The molecule has 0 saturated carbocycles. The van der Waals surface area contributed by atoms with Crippen LogP contribution in [0.2, 0.25) is 0 Å². The summed E-state index contributed by atoms with van der Waals surface area (Å²) in [5.74, 6) is -0.896. The van der Waals surface area contributed by atoms with Gasteiger partial charge in [0.15, 0.2) is 0 Å². The third-order valence-electron chi connectivity index (χ3n) is 2.31. The molecule has 0 aromatic heterocycles. The monoisotopic (exact) mass is 288 g/mol. The van der Waals surface area contributed by atoms with E-state index in [1.165, 1.54) is 7.11 Å². The van der Waals surface area contributed by atoms with Crippen molar-refractivity contribution >= 4 is 12.4 Å². The van der Waals surface area contributed by atoms with Gasteiger partial charge in [0.1, 0.15) is 0 Å². The van der Waals surface area contributed by atoms with Crippen LogP contribution in [-0.2, 0) is 9.53 Å². The Bertz CT molecular complexity index is 535. The maximum atomic E-state index is 10.8. The van der Waals surface area contributed by atoms with Crippen molar-refractivity contribution in [3.05, 3.63) is 60.2 Å². The summed E-state index contributed by atoms with van der Waals surface area (Å²) in [5, 5.41) is 8.86. The molecule has 0 unspecified atom stereocenters. The summed E-state index contributed by atoms with van der Waals surface area (Å²) < 4.78 is 3.86. The van der Waals surface area contributed by atoms with E-state index in [4.69, 9.17) is 9.90 Å². The number of carbonyl (C=O) groups excluding carboxylic acids is 1. The lowest BCUT2D eigenvalue weighted by Gasteiger charge is -2.02. The van der Waals surface area contributed by atoms with Gasteiger partial charge in [0.2, 0.25) is 0 Å². The maximum absolute atomic E-state index is 10.8. The molecule has 112 valence electrons. The number of carbonyl (C=O) groups is 2. The highest BCUT2D eigenvalue weighted by atomic mass is 16.5. The molecule has 0 amide bonds. The smallest absolute Gasteiger partial charge is 0.335 e. The van der Waals surface area contributed by atoms with Crippen molar-refractivity contribution in [1.82, 2.24) is 0 Å². The summed E-state index contributed by atoms with van der Waals surface area (Å²) in [5.41, 5.74) is 2.27. The van der Waals surface area contributed by atoms with E-state index in [9.17, 15) is 4.79 Å². The predicted octanol–water partition coefficient (Wildman–Crippen LogP) is 3.87. The van der Waals surface area contributed by atoms with Gasteiger partial charge in [-0.1, -0.05) is 56.3 Å². The molecular weight excluding hydrogens is 268 g/mol. The maximum Gasteiger partial charge on any atom is 0.335 e. The predicted molar refractivity (Wildman–Crippen MR) is 83.3 cm³/mol. The molecule has 0 aliphatic carbocycles. The first-order valence-electron chi connectivity index (χ1n) is 6.54. The molecule has 0 saturated heterocycles. The van der Waals surface area contributed by atoms with Crippen molar-refractivity contribution in [3.63, 3.8) is 0 Å². The summed E-state index contributed by atoms with van der Waals surface area (Å²) in [4.78, 5) is 19.7. The third-order valence-corrected chi connectivity index (χ3v) is 2.31. The molecule has 4 nitrogen and oxygen atoms in total. The van der Waals surface area contributed by atoms with Crippen molar-refractivity contribution in [2.45, 2.75) is 13.8 Å². The molecule has 2 aromatic rings. The van der Waals surface area contributed by atoms with E-state index in [-0.39, 0.29) is 0 Å². The summed E-state index contributed by atoms with van der Waals surface area (Å²) >= 11 is 0. The minimum atomic E-state index is -0.896. The Labute approximate surface area is 125 Å². The standard InChI is InChI=1S/C13H10O2.C2H4O2.C2H6/c14-13(15)12-8-4-7-11(9-12)10-5-2-1-3-6-10;1-4-2-3;1-2/h1-9H,(H,14,15);2H,1H3;1-2H3. The highest BCUT2D eigenvalue weighted by molar-refractivity contribution is 5.89. The average Bonchev–Trinajstić information content (AvgIpc) is 2.58. The van der Waals surface area contributed by atoms with Crippen LogP contribution in [0.15, 0.2) is 54.6 Å². The number of hydrogen-bond donors (Lipinski definition) is 1. The van der Waals surface area contributed by atoms with Crippen molar-refractivity contribution in [1.29, 1.82) is 0 Å². The zero-order valence-electron chi connectivity index (χ0n) is 12.4. The first kappa shape index (κ1) is 18.4. The van der Waals surface area contributed by atoms with Crippen molar-refractivity contribution in [2.24, 2.45) is 0 Å². The van der Waals surface area contributed by atoms with Gasteiger partial charge in [0.05, 0.1) is 12.7 Å². The zero-order chi connectivity index (χ0) is 16.1. The molecule has 21 heavy (non-hydrogen) atoms. The highest BCUT2D eigenvalue weighted by Gasteiger charge is 2.03. The van der Waals surface area contributed by atoms with Gasteiger partial charge in [0, 0.05) is 0 Å². The summed E-state index contributed by atoms with van der Waals surface area (Å²) in [7, 11) is 1.31. The molecule has 0 spiro atoms. The minimum Gasteiger partial charge on any atom is -0.478 e. The Morgan fingerprint density at radius 3 is 2.00 bits per heavy atom. The van der Waals surface area contributed by atoms with E-state index >= 15 is 0 Å². The van der Waals surface area contributed by atoms with E-state index in [2.05, 4.69) is 4.74 Å². The summed E-state index contributed by atoms with van der Waals surface area (Å²) in [6.07, 6.45) is 0. The normalized spacial score (nSPS) is 8.33. The number of rotatable bonds is 3. The molecule has 2 aromatic carbocycles. The van der Waals surface area contributed by atoms with Crippen LogP contribution in [0.1, 0.15) is 24.2 Å². The van der Waals surface area contributed by atoms with Crippen LogP contribution in [0.5, 0.6) is 0 Å². The first-order chi connectivity index (χ1) is 10.2. The van der Waals surface area contributed by atoms with Gasteiger partial charge in [-0.2, -0.15) is 0 Å². The average molecular weight is 288 g/mol. The zero-order valence-corrected chi connectivity index (χ0v) is 12.4. The molecule has 4 heteroatoms. The second-order valence-electron chi connectivity index (χ2n) is 3.58. The third kappa shape index (κ3) is 6.92. The molecule has 0 aliphatic rings. The summed E-state index contributed by atoms with van der Waals surface area (Å²) in [6, 6.07) is 16.7. The molecule has 1 N–H and O–H groups in total. The SMILES string of the molecule is CC.COC=O.O=C(O)c1cccc(-c2ccccc2)c1. The quantitative estimate of drug-likeness (QED) is 0.871. The lowest BCUT2D eigenvalue weighted by Crippen LogP contribution is -1.95. The molecular formula is C17H20O4. The van der Waals surface area contributed by atoms with Crippen LogP contribution < -0.4 is 0 Å². The van der Waals surface area contributed by atoms with Crippen LogP contribution in [0.3, 0.4) is 0 Å². The van der Waals surface area contributed by atoms with Crippen molar-refractivity contribution in [3.8, 4) is 11.1 Å². The largest absolute Gasteiger partial charge is 0.478 e. The Kier molecular flexibility index (Phi) is 9.83. The van der Waals surface area contributed by atoms with Crippen LogP contribution in [-0.4, -0.2) is 24.7 Å². The topological polar surface area (TPSA) is 63.6 Å². The lowest BCUT2D eigenvalue weighted by atomic mass is 10.0. The van der Waals surface area contributed by atoms with Gasteiger partial charge in [-0.3, -0.25) is 4.79 Å². The van der Waals surface area contributed by atoms with Crippen LogP contribution in [0.25, 0.3) is 11.1 Å². The molecule has 0 atom stereocenters. The number of carboxylic acids is 1. The Morgan fingerprint density at radius 2 is 1.52 bits per heavy atom. The molecule has 0 bridgehead atoms. The highest BCUT2D eigenvalue weighted by Crippen LogP contribution is 2.19. The van der Waals surface area contributed by atoms with E-state index in [1.807, 2.05) is 50.2 Å². The van der Waals surface area contributed by atoms with Gasteiger partial charge >= 0.3 is 5.97 Å². The van der Waals surface area contributed by atoms with Gasteiger partial charge in [0.25, 0.3) is 6.47 Å². The molecule has 0 heterocycles. The van der Waals surface area contributed by atoms with E-state index < -0.39 is 5.97 Å². The fourth-order valence-electron chi connectivity index (χ4n) is 1.46. The van der Waals surface area contributed by atoms with E-state index in [1.54, 1.807) is 18.2 Å². The van der Waals surface area contributed by atoms with Gasteiger partial charge in [-0.25, -0.2) is 4.79 Å². The fourth-order valence-corrected chi connectivity index (χ4v) is 1.46. The second kappa shape index (κ2) is 11.2. The van der Waals surface area contributed by atoms with Crippen molar-refractivity contribution < 1.29 is 19.4 Å². The van der Waals surface area contributed by atoms with Gasteiger partial charge < -0.3 is 9.84 Å². The second-order valence-corrected chi connectivity index (χ2v) is 3.58. The van der Waals surface area contributed by atoms with Crippen molar-refractivity contribution in [2.75, 3.05) is 7.11 Å². The number of aromatic carboxylic acids is 1. The number of ether oxygens (including phenoxy) is 1. The molecule has 0 fully saturated rings. The van der Waals surface area contributed by atoms with Gasteiger partial charge in [-0.05, 0) is 23.3 Å². The Hall–Kier alpha value is -2.62. The molecule has 2 rings (SSSR count). The van der Waals surface area contributed by atoms with Crippen LogP contribution in [0, 0.1) is 0 Å². The van der Waals surface area contributed by atoms with Gasteiger partial charge in [-0.15, -0.1) is 0 Å². The fraction of sp³-hybridized carbons (Fsp3) is 0.176. The summed E-state index contributed by atoms with van der Waals surface area (Å²) in [6.45, 7) is 4.38. The number of hydrogen-bond acceptors (Lipinski definition) is 3. The number of benzene rings is 2. The number of carboxylic acid groups (broad SMARTS) is 1. The molecule has 0 radical (unpaired) electrons. The molecule has 0 aliphatic heterocycles. The van der Waals surface area contributed by atoms with Crippen LogP contribution >= 0.6 is 0 Å². The van der Waals surface area contributed by atoms with Crippen LogP contribution in [0.4, 0.5) is 0 Å². The minimum absolute atomic E-state index is 0.316.